The SMILES string of the molecule is CCOc1ccccc1C(=O)N1CCC(O)C1. The van der Waals surface area contributed by atoms with Gasteiger partial charge in [0.05, 0.1) is 18.3 Å². The highest BCUT2D eigenvalue weighted by molar-refractivity contribution is 5.97. The number of rotatable bonds is 3. The highest BCUT2D eigenvalue weighted by atomic mass is 16.5. The van der Waals surface area contributed by atoms with Crippen LogP contribution in [0.3, 0.4) is 0 Å². The lowest BCUT2D eigenvalue weighted by atomic mass is 10.2. The summed E-state index contributed by atoms with van der Waals surface area (Å²) in [4.78, 5) is 13.9. The van der Waals surface area contributed by atoms with Crippen LogP contribution in [0.5, 0.6) is 5.75 Å². The Morgan fingerprint density at radius 2 is 2.29 bits per heavy atom. The Labute approximate surface area is 101 Å². The number of hydrogen-bond donors (Lipinski definition) is 1. The standard InChI is InChI=1S/C13H17NO3/c1-2-17-12-6-4-3-5-11(12)13(16)14-8-7-10(15)9-14/h3-6,10,15H,2,7-9H2,1H3. The first-order valence-electron chi connectivity index (χ1n) is 5.91. The van der Waals surface area contributed by atoms with Crippen molar-refractivity contribution in [2.75, 3.05) is 19.7 Å². The van der Waals surface area contributed by atoms with Crippen molar-refractivity contribution >= 4 is 5.91 Å². The summed E-state index contributed by atoms with van der Waals surface area (Å²) in [6, 6.07) is 7.23. The van der Waals surface area contributed by atoms with E-state index in [-0.39, 0.29) is 5.91 Å². The van der Waals surface area contributed by atoms with Gasteiger partial charge in [-0.15, -0.1) is 0 Å². The van der Waals surface area contributed by atoms with Crippen molar-refractivity contribution in [1.82, 2.24) is 4.90 Å². The summed E-state index contributed by atoms with van der Waals surface area (Å²) in [5.74, 6) is 0.548. The molecule has 0 saturated carbocycles. The second-order valence-corrected chi connectivity index (χ2v) is 4.12. The van der Waals surface area contributed by atoms with Gasteiger partial charge >= 0.3 is 0 Å². The minimum absolute atomic E-state index is 0.0643. The number of aliphatic hydroxyl groups excluding tert-OH is 1. The third kappa shape index (κ3) is 2.58. The van der Waals surface area contributed by atoms with E-state index in [1.54, 1.807) is 17.0 Å². The molecule has 1 aliphatic rings. The van der Waals surface area contributed by atoms with Crippen LogP contribution in [0.2, 0.25) is 0 Å². The van der Waals surface area contributed by atoms with Crippen molar-refractivity contribution < 1.29 is 14.6 Å². The first kappa shape index (κ1) is 11.9. The molecule has 92 valence electrons. The molecule has 0 aliphatic carbocycles. The van der Waals surface area contributed by atoms with Gasteiger partial charge in [-0.05, 0) is 25.5 Å². The van der Waals surface area contributed by atoms with Gasteiger partial charge < -0.3 is 14.7 Å². The molecule has 1 amide bonds. The lowest BCUT2D eigenvalue weighted by Crippen LogP contribution is -2.29. The van der Waals surface area contributed by atoms with Gasteiger partial charge in [0.25, 0.3) is 5.91 Å². The molecule has 0 radical (unpaired) electrons. The molecule has 4 heteroatoms. The van der Waals surface area contributed by atoms with Crippen molar-refractivity contribution in [2.24, 2.45) is 0 Å². The van der Waals surface area contributed by atoms with Crippen LogP contribution in [0.15, 0.2) is 24.3 Å². The van der Waals surface area contributed by atoms with Crippen molar-refractivity contribution in [3.05, 3.63) is 29.8 Å². The number of carbonyl (C=O) groups excluding carboxylic acids is 1. The quantitative estimate of drug-likeness (QED) is 0.859. The van der Waals surface area contributed by atoms with Gasteiger partial charge in [-0.2, -0.15) is 0 Å². The molecule has 1 saturated heterocycles. The summed E-state index contributed by atoms with van der Waals surface area (Å²) in [5.41, 5.74) is 0.573. The number of aliphatic hydroxyl groups is 1. The highest BCUT2D eigenvalue weighted by Crippen LogP contribution is 2.22. The topological polar surface area (TPSA) is 49.8 Å². The lowest BCUT2D eigenvalue weighted by Gasteiger charge is -2.17. The van der Waals surface area contributed by atoms with Gasteiger partial charge in [-0.3, -0.25) is 4.79 Å². The number of carbonyl (C=O) groups is 1. The normalized spacial score (nSPS) is 19.4. The molecule has 1 atom stereocenters. The molecule has 0 spiro atoms. The number of amides is 1. The summed E-state index contributed by atoms with van der Waals surface area (Å²) < 4.78 is 5.43. The van der Waals surface area contributed by atoms with E-state index in [4.69, 9.17) is 4.74 Å². The zero-order valence-electron chi connectivity index (χ0n) is 9.93. The maximum absolute atomic E-state index is 12.2. The monoisotopic (exact) mass is 235 g/mol. The summed E-state index contributed by atoms with van der Waals surface area (Å²) in [5, 5.41) is 9.44. The van der Waals surface area contributed by atoms with Crippen LogP contribution in [0, 0.1) is 0 Å². The average Bonchev–Trinajstić information content (AvgIpc) is 2.76. The predicted molar refractivity (Wildman–Crippen MR) is 64.1 cm³/mol. The van der Waals surface area contributed by atoms with E-state index in [1.165, 1.54) is 0 Å². The Morgan fingerprint density at radius 3 is 2.94 bits per heavy atom. The third-order valence-corrected chi connectivity index (χ3v) is 2.87. The summed E-state index contributed by atoms with van der Waals surface area (Å²) >= 11 is 0. The molecule has 1 unspecified atom stereocenters. The van der Waals surface area contributed by atoms with Crippen molar-refractivity contribution in [1.29, 1.82) is 0 Å². The fraction of sp³-hybridized carbons (Fsp3) is 0.462. The number of para-hydroxylation sites is 1. The zero-order valence-corrected chi connectivity index (χ0v) is 9.93. The molecular formula is C13H17NO3. The number of likely N-dealkylation sites (tertiary alicyclic amines) is 1. The van der Waals surface area contributed by atoms with E-state index in [2.05, 4.69) is 0 Å². The molecule has 1 fully saturated rings. The fourth-order valence-corrected chi connectivity index (χ4v) is 2.02. The van der Waals surface area contributed by atoms with Gasteiger partial charge in [0.2, 0.25) is 0 Å². The van der Waals surface area contributed by atoms with Gasteiger partial charge in [0.1, 0.15) is 5.75 Å². The maximum atomic E-state index is 12.2. The van der Waals surface area contributed by atoms with E-state index in [9.17, 15) is 9.90 Å². The molecule has 17 heavy (non-hydrogen) atoms. The Hall–Kier alpha value is -1.55. The lowest BCUT2D eigenvalue weighted by molar-refractivity contribution is 0.0761. The highest BCUT2D eigenvalue weighted by Gasteiger charge is 2.26. The van der Waals surface area contributed by atoms with Gasteiger partial charge in [0.15, 0.2) is 0 Å². The molecule has 2 rings (SSSR count). The second-order valence-electron chi connectivity index (χ2n) is 4.12. The summed E-state index contributed by atoms with van der Waals surface area (Å²) in [7, 11) is 0. The number of benzene rings is 1. The van der Waals surface area contributed by atoms with Crippen molar-refractivity contribution in [3.63, 3.8) is 0 Å². The third-order valence-electron chi connectivity index (χ3n) is 2.87. The van der Waals surface area contributed by atoms with Crippen LogP contribution in [0.25, 0.3) is 0 Å². The smallest absolute Gasteiger partial charge is 0.257 e. The van der Waals surface area contributed by atoms with E-state index in [0.29, 0.717) is 37.4 Å². The van der Waals surface area contributed by atoms with E-state index in [1.807, 2.05) is 19.1 Å². The Morgan fingerprint density at radius 1 is 1.53 bits per heavy atom. The van der Waals surface area contributed by atoms with Crippen LogP contribution in [0.1, 0.15) is 23.7 Å². The minimum Gasteiger partial charge on any atom is -0.493 e. The molecule has 1 heterocycles. The average molecular weight is 235 g/mol. The molecule has 1 aromatic rings. The molecule has 4 nitrogen and oxygen atoms in total. The zero-order chi connectivity index (χ0) is 12.3. The van der Waals surface area contributed by atoms with Crippen molar-refractivity contribution in [2.45, 2.75) is 19.4 Å². The van der Waals surface area contributed by atoms with Gasteiger partial charge in [0, 0.05) is 13.1 Å². The number of β-amino-alcohol motifs (C(OH)–C–C–N with tert-alkyl or cyclic N) is 1. The summed E-state index contributed by atoms with van der Waals surface area (Å²) in [6.07, 6.45) is 0.265. The molecule has 1 aliphatic heterocycles. The number of ether oxygens (including phenoxy) is 1. The first-order valence-corrected chi connectivity index (χ1v) is 5.91. The Balaban J connectivity index is 2.18. The van der Waals surface area contributed by atoms with E-state index < -0.39 is 6.10 Å². The summed E-state index contributed by atoms with van der Waals surface area (Å²) in [6.45, 7) is 3.45. The first-order chi connectivity index (χ1) is 8.22. The number of nitrogens with zero attached hydrogens (tertiary/aromatic N) is 1. The Kier molecular flexibility index (Phi) is 3.64. The molecular weight excluding hydrogens is 218 g/mol. The molecule has 0 aromatic heterocycles. The molecule has 1 aromatic carbocycles. The van der Waals surface area contributed by atoms with Crippen LogP contribution in [0.4, 0.5) is 0 Å². The van der Waals surface area contributed by atoms with Gasteiger partial charge in [-0.1, -0.05) is 12.1 Å². The van der Waals surface area contributed by atoms with E-state index in [0.717, 1.165) is 0 Å². The maximum Gasteiger partial charge on any atom is 0.257 e. The van der Waals surface area contributed by atoms with Crippen molar-refractivity contribution in [3.8, 4) is 5.75 Å². The second kappa shape index (κ2) is 5.19. The van der Waals surface area contributed by atoms with E-state index >= 15 is 0 Å². The van der Waals surface area contributed by atoms with Crippen LogP contribution in [-0.2, 0) is 0 Å². The molecule has 0 bridgehead atoms. The minimum atomic E-state index is -0.391. The van der Waals surface area contributed by atoms with Crippen LogP contribution >= 0.6 is 0 Å². The predicted octanol–water partition coefficient (Wildman–Crippen LogP) is 1.29. The van der Waals surface area contributed by atoms with Gasteiger partial charge in [-0.25, -0.2) is 0 Å². The number of hydrogen-bond acceptors (Lipinski definition) is 3. The largest absolute Gasteiger partial charge is 0.493 e. The van der Waals surface area contributed by atoms with Crippen LogP contribution < -0.4 is 4.74 Å². The Bertz CT molecular complexity index is 405. The fourth-order valence-electron chi connectivity index (χ4n) is 2.02. The molecule has 1 N–H and O–H groups in total. The van der Waals surface area contributed by atoms with Crippen LogP contribution in [-0.4, -0.2) is 41.7 Å².